The Hall–Kier alpha value is -1.46. The molecule has 3 N–H and O–H groups in total. The van der Waals surface area contributed by atoms with E-state index in [0.29, 0.717) is 6.54 Å². The molecule has 0 spiro atoms. The number of allylic oxidation sites excluding steroid dienone is 2. The zero-order chi connectivity index (χ0) is 19.4. The fourth-order valence-electron chi connectivity index (χ4n) is 2.63. The predicted molar refractivity (Wildman–Crippen MR) is 111 cm³/mol. The number of likely N-dealkylation sites (N-methyl/N-ethyl adjacent to an activating group) is 1. The van der Waals surface area contributed by atoms with Crippen molar-refractivity contribution in [1.29, 1.82) is 0 Å². The van der Waals surface area contributed by atoms with Crippen LogP contribution in [0, 0.1) is 0 Å². The first kappa shape index (κ1) is 23.5. The van der Waals surface area contributed by atoms with Gasteiger partial charge < -0.3 is 15.7 Å². The molecule has 5 heteroatoms. The molecule has 0 atom stereocenters. The lowest BCUT2D eigenvalue weighted by molar-refractivity contribution is -0.113. The lowest BCUT2D eigenvalue weighted by Gasteiger charge is -2.20. The Labute approximate surface area is 157 Å². The van der Waals surface area contributed by atoms with Crippen LogP contribution in [-0.4, -0.2) is 42.2 Å². The molecule has 4 nitrogen and oxygen atoms in total. The number of hydrogen-bond donors (Lipinski definition) is 2. The van der Waals surface area contributed by atoms with Crippen molar-refractivity contribution in [2.24, 2.45) is 0 Å². The minimum atomic E-state index is 0.0785. The normalized spacial score (nSPS) is 12.8. The van der Waals surface area contributed by atoms with Gasteiger partial charge in [0.1, 0.15) is 0 Å². The number of nitrogens with two attached hydrogens (primary N) is 1. The largest absolute Gasteiger partial charge is 0.399 e. The van der Waals surface area contributed by atoms with Crippen LogP contribution in [0.1, 0.15) is 45.2 Å². The maximum atomic E-state index is 11.2. The molecule has 1 aliphatic rings. The topological polar surface area (TPSA) is 66.6 Å². The molecule has 0 saturated heterocycles. The van der Waals surface area contributed by atoms with Crippen LogP contribution in [0.15, 0.2) is 28.8 Å². The van der Waals surface area contributed by atoms with Gasteiger partial charge in [0.15, 0.2) is 5.78 Å². The quantitative estimate of drug-likeness (QED) is 0.611. The van der Waals surface area contributed by atoms with Gasteiger partial charge in [0, 0.05) is 25.0 Å². The number of benzene rings is 1. The number of nitrogens with zero attached hydrogens (tertiary/aromatic N) is 1. The number of rotatable bonds is 5. The van der Waals surface area contributed by atoms with Crippen LogP contribution in [0.25, 0.3) is 0 Å². The first-order valence-corrected chi connectivity index (χ1v) is 10.1. The van der Waals surface area contributed by atoms with Crippen LogP contribution in [0.2, 0.25) is 0 Å². The van der Waals surface area contributed by atoms with Crippen LogP contribution < -0.4 is 5.73 Å². The van der Waals surface area contributed by atoms with E-state index in [0.717, 1.165) is 16.3 Å². The van der Waals surface area contributed by atoms with Crippen molar-refractivity contribution in [3.05, 3.63) is 39.9 Å². The van der Waals surface area contributed by atoms with Gasteiger partial charge in [0.25, 0.3) is 0 Å². The van der Waals surface area contributed by atoms with Crippen molar-refractivity contribution in [3.63, 3.8) is 0 Å². The third-order valence-corrected chi connectivity index (χ3v) is 4.97. The highest BCUT2D eigenvalue weighted by Crippen LogP contribution is 2.23. The van der Waals surface area contributed by atoms with Crippen LogP contribution in [0.3, 0.4) is 0 Å². The molecule has 0 fully saturated rings. The average Bonchev–Trinajstić information content (AvgIpc) is 3.05. The van der Waals surface area contributed by atoms with E-state index >= 15 is 0 Å². The Morgan fingerprint density at radius 3 is 2.36 bits per heavy atom. The van der Waals surface area contributed by atoms with E-state index in [2.05, 4.69) is 12.1 Å². The number of thioether (sulfide) groups is 1. The molecule has 0 aromatic heterocycles. The van der Waals surface area contributed by atoms with Gasteiger partial charge in [-0.25, -0.2) is 0 Å². The zero-order valence-electron chi connectivity index (χ0n) is 16.6. The molecular formula is C20H34N2O2S. The number of carbonyl (C=O) groups excluding carboxylic acids is 1. The van der Waals surface area contributed by atoms with Gasteiger partial charge in [-0.15, -0.1) is 11.8 Å². The number of nitrogen functional groups attached to an aromatic ring is 1. The monoisotopic (exact) mass is 366 g/mol. The summed E-state index contributed by atoms with van der Waals surface area (Å²) in [6, 6.07) is 6.24. The number of aliphatic hydroxyl groups is 1. The van der Waals surface area contributed by atoms with E-state index in [1.54, 1.807) is 6.92 Å². The van der Waals surface area contributed by atoms with Gasteiger partial charge in [0.2, 0.25) is 0 Å². The Bertz CT molecular complexity index is 571. The van der Waals surface area contributed by atoms with E-state index in [-0.39, 0.29) is 12.4 Å². The van der Waals surface area contributed by atoms with Crippen molar-refractivity contribution in [3.8, 4) is 0 Å². The summed E-state index contributed by atoms with van der Waals surface area (Å²) in [5.41, 5.74) is 10.4. The zero-order valence-corrected chi connectivity index (χ0v) is 17.4. The molecule has 0 aliphatic heterocycles. The summed E-state index contributed by atoms with van der Waals surface area (Å²) in [6.45, 7) is 8.11. The Kier molecular flexibility index (Phi) is 12.1. The highest BCUT2D eigenvalue weighted by Gasteiger charge is 2.10. The van der Waals surface area contributed by atoms with Crippen molar-refractivity contribution < 1.29 is 9.90 Å². The van der Waals surface area contributed by atoms with Crippen molar-refractivity contribution in [2.75, 3.05) is 32.2 Å². The van der Waals surface area contributed by atoms with Crippen LogP contribution >= 0.6 is 11.8 Å². The summed E-state index contributed by atoms with van der Waals surface area (Å²) in [5, 5.41) is 8.72. The van der Waals surface area contributed by atoms with Gasteiger partial charge >= 0.3 is 0 Å². The van der Waals surface area contributed by atoms with Gasteiger partial charge in [-0.05, 0) is 62.6 Å². The van der Waals surface area contributed by atoms with Gasteiger partial charge in [-0.3, -0.25) is 4.79 Å². The lowest BCUT2D eigenvalue weighted by atomic mass is 10.1. The fraction of sp³-hybridized carbons (Fsp3) is 0.550. The smallest absolute Gasteiger partial charge is 0.167 e. The molecule has 0 amide bonds. The van der Waals surface area contributed by atoms with E-state index in [9.17, 15) is 4.79 Å². The SMILES string of the molecule is CC.CS/C(C(C)=O)=C(/C)N(C)CCO.Nc1ccc2c(c1)CCC2. The number of ketones is 1. The predicted octanol–water partition coefficient (Wildman–Crippen LogP) is 3.88. The Balaban J connectivity index is 0.000000426. The summed E-state index contributed by atoms with van der Waals surface area (Å²) < 4.78 is 0. The number of aliphatic hydroxyl groups excluding tert-OH is 1. The molecule has 1 aromatic rings. The summed E-state index contributed by atoms with van der Waals surface area (Å²) in [5.74, 6) is 0.0785. The molecule has 0 saturated carbocycles. The van der Waals surface area contributed by atoms with Gasteiger partial charge in [0.05, 0.1) is 11.5 Å². The van der Waals surface area contributed by atoms with Crippen molar-refractivity contribution in [2.45, 2.75) is 47.0 Å². The summed E-state index contributed by atoms with van der Waals surface area (Å²) in [7, 11) is 1.87. The molecule has 0 radical (unpaired) electrons. The molecule has 0 heterocycles. The highest BCUT2D eigenvalue weighted by molar-refractivity contribution is 8.03. The maximum absolute atomic E-state index is 11.2. The van der Waals surface area contributed by atoms with E-state index in [1.165, 1.54) is 42.2 Å². The molecule has 25 heavy (non-hydrogen) atoms. The number of fused-ring (bicyclic) bond motifs is 1. The van der Waals surface area contributed by atoms with E-state index in [4.69, 9.17) is 10.8 Å². The molecule has 0 unspecified atom stereocenters. The second-order valence-electron chi connectivity index (χ2n) is 5.70. The number of aryl methyl sites for hydroxylation is 2. The number of hydrogen-bond acceptors (Lipinski definition) is 5. The molecule has 0 bridgehead atoms. The summed E-state index contributed by atoms with van der Waals surface area (Å²) in [4.78, 5) is 13.8. The average molecular weight is 367 g/mol. The number of Topliss-reactive ketones (excluding diaryl/α,β-unsaturated/α-hetero) is 1. The van der Waals surface area contributed by atoms with Crippen LogP contribution in [-0.2, 0) is 17.6 Å². The van der Waals surface area contributed by atoms with Crippen molar-refractivity contribution in [1.82, 2.24) is 4.90 Å². The Morgan fingerprint density at radius 2 is 1.84 bits per heavy atom. The third kappa shape index (κ3) is 7.97. The summed E-state index contributed by atoms with van der Waals surface area (Å²) >= 11 is 1.45. The molecule has 142 valence electrons. The van der Waals surface area contributed by atoms with Gasteiger partial charge in [-0.1, -0.05) is 19.9 Å². The number of carbonyl (C=O) groups is 1. The van der Waals surface area contributed by atoms with Gasteiger partial charge in [-0.2, -0.15) is 0 Å². The molecule has 1 aliphatic carbocycles. The number of anilines is 1. The third-order valence-electron chi connectivity index (χ3n) is 3.98. The maximum Gasteiger partial charge on any atom is 0.167 e. The molecular weight excluding hydrogens is 332 g/mol. The summed E-state index contributed by atoms with van der Waals surface area (Å²) in [6.07, 6.45) is 5.65. The second kappa shape index (κ2) is 12.8. The minimum absolute atomic E-state index is 0.0785. The first-order valence-electron chi connectivity index (χ1n) is 8.85. The standard InChI is InChI=1S/C9H17NO2S.C9H11N.C2H6/c1-7(10(3)5-6-11)9(13-4)8(2)12;10-9-5-4-7-2-1-3-8(7)6-9;1-2/h11H,5-6H2,1-4H3;4-6H,1-3,10H2;1-2H3/b9-7-;;. The highest BCUT2D eigenvalue weighted by atomic mass is 32.2. The second-order valence-corrected chi connectivity index (χ2v) is 6.52. The van der Waals surface area contributed by atoms with E-state index < -0.39 is 0 Å². The molecule has 2 rings (SSSR count). The van der Waals surface area contributed by atoms with Crippen molar-refractivity contribution >= 4 is 23.2 Å². The fourth-order valence-corrected chi connectivity index (χ4v) is 3.37. The van der Waals surface area contributed by atoms with E-state index in [1.807, 2.05) is 45.0 Å². The molecule has 1 aromatic carbocycles. The minimum Gasteiger partial charge on any atom is -0.399 e. The Morgan fingerprint density at radius 1 is 1.24 bits per heavy atom. The van der Waals surface area contributed by atoms with Crippen LogP contribution in [0.5, 0.6) is 0 Å². The first-order chi connectivity index (χ1) is 11.9. The lowest BCUT2D eigenvalue weighted by Crippen LogP contribution is -2.22. The van der Waals surface area contributed by atoms with Crippen LogP contribution in [0.4, 0.5) is 5.69 Å².